The molecule has 2 rings (SSSR count). The standard InChI is InChI=1S/C17H33N3O2/c1-17(2,3)22-16(21)20-11-6-15(7-12-20)14-4-9-19(10-5-14)13-8-18/h14-15H,4-13,18H2,1-3H3. The molecule has 0 aromatic carbocycles. The first kappa shape index (κ1) is 17.5. The van der Waals surface area contributed by atoms with Gasteiger partial charge in [0.15, 0.2) is 0 Å². The summed E-state index contributed by atoms with van der Waals surface area (Å²) in [7, 11) is 0. The Hall–Kier alpha value is -0.810. The van der Waals surface area contributed by atoms with Gasteiger partial charge in [0, 0.05) is 26.2 Å². The van der Waals surface area contributed by atoms with E-state index in [1.807, 2.05) is 25.7 Å². The van der Waals surface area contributed by atoms with Crippen LogP contribution in [0.1, 0.15) is 46.5 Å². The molecule has 5 nitrogen and oxygen atoms in total. The van der Waals surface area contributed by atoms with Crippen molar-refractivity contribution < 1.29 is 9.53 Å². The van der Waals surface area contributed by atoms with Gasteiger partial charge in [0.1, 0.15) is 5.60 Å². The van der Waals surface area contributed by atoms with E-state index in [-0.39, 0.29) is 6.09 Å². The summed E-state index contributed by atoms with van der Waals surface area (Å²) in [5.74, 6) is 1.61. The molecule has 0 aliphatic carbocycles. The number of hydrogen-bond donors (Lipinski definition) is 1. The molecular formula is C17H33N3O2. The minimum absolute atomic E-state index is 0.149. The molecule has 128 valence electrons. The van der Waals surface area contributed by atoms with Gasteiger partial charge in [-0.05, 0) is 71.4 Å². The van der Waals surface area contributed by atoms with Crippen molar-refractivity contribution in [3.63, 3.8) is 0 Å². The molecule has 2 aliphatic heterocycles. The largest absolute Gasteiger partial charge is 0.444 e. The summed E-state index contributed by atoms with van der Waals surface area (Å²) in [6.45, 7) is 11.6. The second-order valence-corrected chi connectivity index (χ2v) is 7.77. The van der Waals surface area contributed by atoms with Crippen LogP contribution in [0.3, 0.4) is 0 Å². The first-order chi connectivity index (χ1) is 10.4. The van der Waals surface area contributed by atoms with E-state index in [4.69, 9.17) is 10.5 Å². The molecule has 5 heteroatoms. The van der Waals surface area contributed by atoms with Crippen LogP contribution in [0.5, 0.6) is 0 Å². The molecule has 0 spiro atoms. The van der Waals surface area contributed by atoms with Gasteiger partial charge in [-0.25, -0.2) is 4.79 Å². The maximum absolute atomic E-state index is 12.1. The third-order valence-electron chi connectivity index (χ3n) is 4.94. The molecule has 2 saturated heterocycles. The molecule has 2 N–H and O–H groups in total. The van der Waals surface area contributed by atoms with E-state index >= 15 is 0 Å². The average Bonchev–Trinajstić information content (AvgIpc) is 2.47. The van der Waals surface area contributed by atoms with Crippen molar-refractivity contribution in [1.82, 2.24) is 9.80 Å². The van der Waals surface area contributed by atoms with Gasteiger partial charge in [0.2, 0.25) is 0 Å². The van der Waals surface area contributed by atoms with Gasteiger partial charge >= 0.3 is 6.09 Å². The zero-order valence-electron chi connectivity index (χ0n) is 14.5. The third kappa shape index (κ3) is 5.13. The molecule has 0 saturated carbocycles. The quantitative estimate of drug-likeness (QED) is 0.869. The molecule has 2 aliphatic rings. The predicted molar refractivity (Wildman–Crippen MR) is 88.7 cm³/mol. The van der Waals surface area contributed by atoms with Gasteiger partial charge in [0.25, 0.3) is 0 Å². The maximum atomic E-state index is 12.1. The topological polar surface area (TPSA) is 58.8 Å². The van der Waals surface area contributed by atoms with Gasteiger partial charge in [-0.2, -0.15) is 0 Å². The van der Waals surface area contributed by atoms with Crippen molar-refractivity contribution in [1.29, 1.82) is 0 Å². The summed E-state index contributed by atoms with van der Waals surface area (Å²) in [6, 6.07) is 0. The van der Waals surface area contributed by atoms with E-state index in [1.165, 1.54) is 25.9 Å². The Labute approximate surface area is 135 Å². The predicted octanol–water partition coefficient (Wildman–Crippen LogP) is 2.30. The Morgan fingerprint density at radius 3 is 2.00 bits per heavy atom. The van der Waals surface area contributed by atoms with Crippen molar-refractivity contribution in [3.05, 3.63) is 0 Å². The van der Waals surface area contributed by atoms with Crippen LogP contribution >= 0.6 is 0 Å². The fourth-order valence-corrected chi connectivity index (χ4v) is 3.71. The fraction of sp³-hybridized carbons (Fsp3) is 0.941. The SMILES string of the molecule is CC(C)(C)OC(=O)N1CCC(C2CCN(CCN)CC2)CC1. The highest BCUT2D eigenvalue weighted by atomic mass is 16.6. The van der Waals surface area contributed by atoms with Crippen LogP contribution < -0.4 is 5.73 Å². The monoisotopic (exact) mass is 311 g/mol. The highest BCUT2D eigenvalue weighted by molar-refractivity contribution is 5.68. The van der Waals surface area contributed by atoms with E-state index in [1.54, 1.807) is 0 Å². The molecular weight excluding hydrogens is 278 g/mol. The van der Waals surface area contributed by atoms with E-state index in [9.17, 15) is 4.79 Å². The highest BCUT2D eigenvalue weighted by Gasteiger charge is 2.32. The first-order valence-corrected chi connectivity index (χ1v) is 8.79. The lowest BCUT2D eigenvalue weighted by molar-refractivity contribution is 0.0136. The zero-order valence-corrected chi connectivity index (χ0v) is 14.5. The molecule has 0 atom stereocenters. The van der Waals surface area contributed by atoms with Gasteiger partial charge in [-0.1, -0.05) is 0 Å². The smallest absolute Gasteiger partial charge is 0.410 e. The lowest BCUT2D eigenvalue weighted by Crippen LogP contribution is -2.44. The van der Waals surface area contributed by atoms with Crippen molar-refractivity contribution in [2.75, 3.05) is 39.3 Å². The van der Waals surface area contributed by atoms with Crippen LogP contribution in [-0.4, -0.2) is 60.8 Å². The normalized spacial score (nSPS) is 22.8. The summed E-state index contributed by atoms with van der Waals surface area (Å²) in [5, 5.41) is 0. The van der Waals surface area contributed by atoms with Crippen LogP contribution in [0, 0.1) is 11.8 Å². The Bertz CT molecular complexity index is 351. The number of likely N-dealkylation sites (tertiary alicyclic amines) is 2. The Balaban J connectivity index is 1.72. The highest BCUT2D eigenvalue weighted by Crippen LogP contribution is 2.32. The van der Waals surface area contributed by atoms with Crippen molar-refractivity contribution >= 4 is 6.09 Å². The molecule has 2 fully saturated rings. The third-order valence-corrected chi connectivity index (χ3v) is 4.94. The van der Waals surface area contributed by atoms with Crippen LogP contribution in [-0.2, 0) is 4.74 Å². The number of amides is 1. The van der Waals surface area contributed by atoms with Crippen LogP contribution in [0.15, 0.2) is 0 Å². The van der Waals surface area contributed by atoms with E-state index < -0.39 is 5.60 Å². The van der Waals surface area contributed by atoms with Crippen LogP contribution in [0.4, 0.5) is 4.79 Å². The lowest BCUT2D eigenvalue weighted by Gasteiger charge is -2.40. The Morgan fingerprint density at radius 1 is 1.05 bits per heavy atom. The van der Waals surface area contributed by atoms with Gasteiger partial charge < -0.3 is 20.3 Å². The second kappa shape index (κ2) is 7.64. The van der Waals surface area contributed by atoms with Crippen molar-refractivity contribution in [2.24, 2.45) is 17.6 Å². The van der Waals surface area contributed by atoms with E-state index in [0.717, 1.165) is 50.9 Å². The molecule has 1 amide bonds. The minimum Gasteiger partial charge on any atom is -0.444 e. The number of nitrogens with zero attached hydrogens (tertiary/aromatic N) is 2. The molecule has 0 bridgehead atoms. The maximum Gasteiger partial charge on any atom is 0.410 e. The number of nitrogens with two attached hydrogens (primary N) is 1. The number of carbonyl (C=O) groups is 1. The second-order valence-electron chi connectivity index (χ2n) is 7.77. The minimum atomic E-state index is -0.399. The number of carbonyl (C=O) groups excluding carboxylic acids is 1. The van der Waals surface area contributed by atoms with Crippen LogP contribution in [0.25, 0.3) is 0 Å². The number of hydrogen-bond acceptors (Lipinski definition) is 4. The van der Waals surface area contributed by atoms with Gasteiger partial charge in [0.05, 0.1) is 0 Å². The summed E-state index contributed by atoms with van der Waals surface area (Å²) < 4.78 is 5.47. The molecule has 0 unspecified atom stereocenters. The summed E-state index contributed by atoms with van der Waals surface area (Å²) >= 11 is 0. The van der Waals surface area contributed by atoms with Crippen molar-refractivity contribution in [3.8, 4) is 0 Å². The zero-order chi connectivity index (χ0) is 16.2. The Kier molecular flexibility index (Phi) is 6.09. The number of rotatable bonds is 3. The molecule has 0 aromatic heterocycles. The van der Waals surface area contributed by atoms with Gasteiger partial charge in [-0.15, -0.1) is 0 Å². The van der Waals surface area contributed by atoms with E-state index in [0.29, 0.717) is 0 Å². The summed E-state index contributed by atoms with van der Waals surface area (Å²) in [6.07, 6.45) is 4.68. The summed E-state index contributed by atoms with van der Waals surface area (Å²) in [4.78, 5) is 16.5. The van der Waals surface area contributed by atoms with E-state index in [2.05, 4.69) is 4.90 Å². The molecule has 0 radical (unpaired) electrons. The van der Waals surface area contributed by atoms with Crippen LogP contribution in [0.2, 0.25) is 0 Å². The first-order valence-electron chi connectivity index (χ1n) is 8.79. The van der Waals surface area contributed by atoms with Gasteiger partial charge in [-0.3, -0.25) is 0 Å². The molecule has 2 heterocycles. The number of ether oxygens (including phenoxy) is 1. The summed E-state index contributed by atoms with van der Waals surface area (Å²) in [5.41, 5.74) is 5.23. The number of piperidine rings is 2. The Morgan fingerprint density at radius 2 is 1.55 bits per heavy atom. The molecule has 22 heavy (non-hydrogen) atoms. The molecule has 0 aromatic rings. The lowest BCUT2D eigenvalue weighted by atomic mass is 9.79. The average molecular weight is 311 g/mol. The van der Waals surface area contributed by atoms with Crippen molar-refractivity contribution in [2.45, 2.75) is 52.1 Å². The fourth-order valence-electron chi connectivity index (χ4n) is 3.71.